The van der Waals surface area contributed by atoms with Crippen LogP contribution in [0.5, 0.6) is 0 Å². The maximum absolute atomic E-state index is 12.2. The van der Waals surface area contributed by atoms with Crippen molar-refractivity contribution < 1.29 is 4.79 Å². The Kier molecular flexibility index (Phi) is 4.40. The summed E-state index contributed by atoms with van der Waals surface area (Å²) >= 11 is 0. The quantitative estimate of drug-likeness (QED) is 0.787. The van der Waals surface area contributed by atoms with Crippen LogP contribution in [0.2, 0.25) is 0 Å². The van der Waals surface area contributed by atoms with Gasteiger partial charge in [-0.05, 0) is 32.7 Å². The van der Waals surface area contributed by atoms with E-state index in [2.05, 4.69) is 24.1 Å². The molecule has 2 rings (SSSR count). The summed E-state index contributed by atoms with van der Waals surface area (Å²) < 4.78 is 0. The summed E-state index contributed by atoms with van der Waals surface area (Å²) in [4.78, 5) is 16.7. The zero-order valence-electron chi connectivity index (χ0n) is 11.1. The molecule has 0 saturated carbocycles. The summed E-state index contributed by atoms with van der Waals surface area (Å²) in [5.41, 5.74) is 0. The second kappa shape index (κ2) is 5.83. The highest BCUT2D eigenvalue weighted by Gasteiger charge is 2.29. The van der Waals surface area contributed by atoms with E-state index >= 15 is 0 Å². The molecule has 0 aromatic rings. The molecule has 0 aromatic carbocycles. The van der Waals surface area contributed by atoms with Gasteiger partial charge in [0, 0.05) is 32.2 Å². The molecule has 2 heterocycles. The minimum absolute atomic E-state index is 0.102. The molecule has 98 valence electrons. The van der Waals surface area contributed by atoms with E-state index in [0.717, 1.165) is 45.6 Å². The van der Waals surface area contributed by atoms with E-state index < -0.39 is 0 Å². The Hall–Kier alpha value is -0.610. The predicted octanol–water partition coefficient (Wildman–Crippen LogP) is 0.681. The Morgan fingerprint density at radius 3 is 2.59 bits per heavy atom. The molecule has 2 aliphatic rings. The molecule has 17 heavy (non-hydrogen) atoms. The average molecular weight is 239 g/mol. The number of nitrogens with one attached hydrogen (secondary N) is 1. The van der Waals surface area contributed by atoms with Gasteiger partial charge >= 0.3 is 0 Å². The SMILES string of the molecule is CCC(C)N1CCN(C(=O)C2CCCN2)CC1. The third kappa shape index (κ3) is 2.99. The monoisotopic (exact) mass is 239 g/mol. The van der Waals surface area contributed by atoms with Crippen molar-refractivity contribution in [2.45, 2.75) is 45.2 Å². The molecule has 4 nitrogen and oxygen atoms in total. The van der Waals surface area contributed by atoms with Crippen LogP contribution in [0.4, 0.5) is 0 Å². The van der Waals surface area contributed by atoms with E-state index in [9.17, 15) is 4.79 Å². The minimum atomic E-state index is 0.102. The van der Waals surface area contributed by atoms with Gasteiger partial charge in [-0.3, -0.25) is 9.69 Å². The Labute approximate surface area is 104 Å². The van der Waals surface area contributed by atoms with Crippen molar-refractivity contribution in [3.63, 3.8) is 0 Å². The van der Waals surface area contributed by atoms with Gasteiger partial charge in [0.05, 0.1) is 6.04 Å². The molecule has 0 bridgehead atoms. The van der Waals surface area contributed by atoms with Crippen molar-refractivity contribution >= 4 is 5.91 Å². The van der Waals surface area contributed by atoms with Gasteiger partial charge in [0.2, 0.25) is 5.91 Å². The number of carbonyl (C=O) groups is 1. The van der Waals surface area contributed by atoms with Crippen LogP contribution in [0.25, 0.3) is 0 Å². The van der Waals surface area contributed by atoms with E-state index in [1.54, 1.807) is 0 Å². The molecule has 2 saturated heterocycles. The zero-order valence-corrected chi connectivity index (χ0v) is 11.1. The first-order chi connectivity index (χ1) is 8.22. The lowest BCUT2D eigenvalue weighted by Crippen LogP contribution is -2.54. The highest BCUT2D eigenvalue weighted by atomic mass is 16.2. The van der Waals surface area contributed by atoms with Crippen LogP contribution in [-0.2, 0) is 4.79 Å². The molecule has 0 radical (unpaired) electrons. The first-order valence-electron chi connectivity index (χ1n) is 6.98. The van der Waals surface area contributed by atoms with Crippen molar-refractivity contribution in [1.29, 1.82) is 0 Å². The van der Waals surface area contributed by atoms with Gasteiger partial charge < -0.3 is 10.2 Å². The summed E-state index contributed by atoms with van der Waals surface area (Å²) in [6, 6.07) is 0.752. The number of hydrogen-bond acceptors (Lipinski definition) is 3. The third-order valence-corrected chi connectivity index (χ3v) is 4.20. The van der Waals surface area contributed by atoms with Crippen molar-refractivity contribution in [2.75, 3.05) is 32.7 Å². The van der Waals surface area contributed by atoms with Crippen LogP contribution in [0.3, 0.4) is 0 Å². The number of hydrogen-bond donors (Lipinski definition) is 1. The first-order valence-corrected chi connectivity index (χ1v) is 6.98. The summed E-state index contributed by atoms with van der Waals surface area (Å²) in [6.07, 6.45) is 3.35. The van der Waals surface area contributed by atoms with E-state index in [4.69, 9.17) is 0 Å². The molecule has 0 aromatic heterocycles. The smallest absolute Gasteiger partial charge is 0.239 e. The zero-order chi connectivity index (χ0) is 12.3. The lowest BCUT2D eigenvalue weighted by atomic mass is 10.1. The maximum atomic E-state index is 12.2. The molecule has 2 unspecified atom stereocenters. The van der Waals surface area contributed by atoms with Crippen LogP contribution >= 0.6 is 0 Å². The second-order valence-electron chi connectivity index (χ2n) is 5.27. The van der Waals surface area contributed by atoms with Crippen molar-refractivity contribution in [1.82, 2.24) is 15.1 Å². The van der Waals surface area contributed by atoms with E-state index in [-0.39, 0.29) is 6.04 Å². The van der Waals surface area contributed by atoms with Crippen LogP contribution in [0.1, 0.15) is 33.1 Å². The fraction of sp³-hybridized carbons (Fsp3) is 0.923. The molecule has 2 atom stereocenters. The van der Waals surface area contributed by atoms with Crippen molar-refractivity contribution in [3.05, 3.63) is 0 Å². The van der Waals surface area contributed by atoms with Gasteiger partial charge in [0.15, 0.2) is 0 Å². The number of nitrogens with zero attached hydrogens (tertiary/aromatic N) is 2. The van der Waals surface area contributed by atoms with E-state index in [1.807, 2.05) is 4.90 Å². The number of piperazine rings is 1. The molecule has 2 fully saturated rings. The maximum Gasteiger partial charge on any atom is 0.239 e. The summed E-state index contributed by atoms with van der Waals surface area (Å²) in [6.45, 7) is 9.38. The largest absolute Gasteiger partial charge is 0.339 e. The van der Waals surface area contributed by atoms with Gasteiger partial charge in [-0.1, -0.05) is 6.92 Å². The molecule has 2 aliphatic heterocycles. The van der Waals surface area contributed by atoms with Crippen molar-refractivity contribution in [2.24, 2.45) is 0 Å². The molecule has 1 N–H and O–H groups in total. The van der Waals surface area contributed by atoms with E-state index in [0.29, 0.717) is 11.9 Å². The lowest BCUT2D eigenvalue weighted by molar-refractivity contribution is -0.135. The van der Waals surface area contributed by atoms with Gasteiger partial charge in [0.25, 0.3) is 0 Å². The lowest BCUT2D eigenvalue weighted by Gasteiger charge is -2.38. The third-order valence-electron chi connectivity index (χ3n) is 4.20. The van der Waals surface area contributed by atoms with Crippen LogP contribution in [0, 0.1) is 0 Å². The minimum Gasteiger partial charge on any atom is -0.339 e. The summed E-state index contributed by atoms with van der Waals surface area (Å²) in [5, 5.41) is 3.29. The first kappa shape index (κ1) is 12.8. The summed E-state index contributed by atoms with van der Waals surface area (Å²) in [7, 11) is 0. The molecule has 4 heteroatoms. The molecule has 0 spiro atoms. The molecule has 1 amide bonds. The van der Waals surface area contributed by atoms with Crippen LogP contribution in [0.15, 0.2) is 0 Å². The van der Waals surface area contributed by atoms with Crippen LogP contribution < -0.4 is 5.32 Å². The Morgan fingerprint density at radius 2 is 2.06 bits per heavy atom. The predicted molar refractivity (Wildman–Crippen MR) is 68.9 cm³/mol. The number of rotatable bonds is 3. The Morgan fingerprint density at radius 1 is 1.35 bits per heavy atom. The van der Waals surface area contributed by atoms with Gasteiger partial charge in [-0.2, -0.15) is 0 Å². The van der Waals surface area contributed by atoms with Gasteiger partial charge in [-0.15, -0.1) is 0 Å². The van der Waals surface area contributed by atoms with Gasteiger partial charge in [-0.25, -0.2) is 0 Å². The van der Waals surface area contributed by atoms with Crippen molar-refractivity contribution in [3.8, 4) is 0 Å². The Balaban J connectivity index is 1.80. The molecular formula is C13H25N3O. The normalized spacial score (nSPS) is 28.4. The number of carbonyl (C=O) groups excluding carboxylic acids is 1. The fourth-order valence-electron chi connectivity index (χ4n) is 2.76. The average Bonchev–Trinajstić information content (AvgIpc) is 2.91. The molecule has 0 aliphatic carbocycles. The van der Waals surface area contributed by atoms with Gasteiger partial charge in [0.1, 0.15) is 0 Å². The highest BCUT2D eigenvalue weighted by molar-refractivity contribution is 5.82. The summed E-state index contributed by atoms with van der Waals surface area (Å²) in [5.74, 6) is 0.325. The molecular weight excluding hydrogens is 214 g/mol. The van der Waals surface area contributed by atoms with Crippen LogP contribution in [-0.4, -0.2) is 60.5 Å². The highest BCUT2D eigenvalue weighted by Crippen LogP contribution is 2.13. The van der Waals surface area contributed by atoms with E-state index in [1.165, 1.54) is 6.42 Å². The number of amides is 1. The fourth-order valence-corrected chi connectivity index (χ4v) is 2.76. The topological polar surface area (TPSA) is 35.6 Å². The Bertz CT molecular complexity index is 255. The second-order valence-corrected chi connectivity index (χ2v) is 5.27. The standard InChI is InChI=1S/C13H25N3O/c1-3-11(2)15-7-9-16(10-8-15)13(17)12-5-4-6-14-12/h11-12,14H,3-10H2,1-2H3.